The lowest BCUT2D eigenvalue weighted by molar-refractivity contribution is 0.0795. The van der Waals surface area contributed by atoms with Crippen molar-refractivity contribution in [2.24, 2.45) is 0 Å². The summed E-state index contributed by atoms with van der Waals surface area (Å²) in [5.74, 6) is -0.334. The Bertz CT molecular complexity index is 1040. The molecular formula is C24H17NO3. The number of allylic oxidation sites excluding steroid dienone is 1. The molecule has 1 aliphatic carbocycles. The van der Waals surface area contributed by atoms with E-state index in [1.807, 2.05) is 60.7 Å². The van der Waals surface area contributed by atoms with Gasteiger partial charge in [0.05, 0.1) is 6.54 Å². The van der Waals surface area contributed by atoms with E-state index in [9.17, 15) is 9.59 Å². The Balaban J connectivity index is 1.64. The SMILES string of the molecule is O=C1C(=C2NCC(c3ccccc3)(c3ccccc3)O2)C(=O)c2ccccc21. The van der Waals surface area contributed by atoms with Crippen LogP contribution < -0.4 is 5.32 Å². The summed E-state index contributed by atoms with van der Waals surface area (Å²) in [6, 6.07) is 26.6. The van der Waals surface area contributed by atoms with Crippen molar-refractivity contribution < 1.29 is 14.3 Å². The summed E-state index contributed by atoms with van der Waals surface area (Å²) in [4.78, 5) is 25.8. The Labute approximate surface area is 162 Å². The highest BCUT2D eigenvalue weighted by Gasteiger charge is 2.46. The van der Waals surface area contributed by atoms with E-state index in [0.29, 0.717) is 17.7 Å². The lowest BCUT2D eigenvalue weighted by atomic mass is 9.86. The Morgan fingerprint density at radius 1 is 0.679 bits per heavy atom. The fourth-order valence-corrected chi connectivity index (χ4v) is 3.95. The number of carbonyl (C=O) groups excluding carboxylic acids is 2. The number of ketones is 2. The zero-order valence-corrected chi connectivity index (χ0v) is 15.0. The quantitative estimate of drug-likeness (QED) is 0.552. The van der Waals surface area contributed by atoms with Crippen molar-refractivity contribution in [2.45, 2.75) is 5.60 Å². The Morgan fingerprint density at radius 2 is 1.14 bits per heavy atom. The molecule has 5 rings (SSSR count). The van der Waals surface area contributed by atoms with Crippen molar-refractivity contribution in [3.8, 4) is 0 Å². The molecule has 1 heterocycles. The van der Waals surface area contributed by atoms with E-state index >= 15 is 0 Å². The van der Waals surface area contributed by atoms with Crippen LogP contribution in [0.25, 0.3) is 0 Å². The molecule has 0 spiro atoms. The Kier molecular flexibility index (Phi) is 3.66. The van der Waals surface area contributed by atoms with Crippen LogP contribution in [-0.2, 0) is 10.3 Å². The largest absolute Gasteiger partial charge is 0.460 e. The van der Waals surface area contributed by atoms with Crippen molar-refractivity contribution in [3.05, 3.63) is 119 Å². The molecule has 4 heteroatoms. The number of ether oxygens (including phenoxy) is 1. The van der Waals surface area contributed by atoms with Crippen LogP contribution in [0.4, 0.5) is 0 Å². The molecule has 2 aliphatic rings. The maximum Gasteiger partial charge on any atom is 0.203 e. The summed E-state index contributed by atoms with van der Waals surface area (Å²) >= 11 is 0. The predicted molar refractivity (Wildman–Crippen MR) is 105 cm³/mol. The first-order valence-corrected chi connectivity index (χ1v) is 9.17. The summed E-state index contributed by atoms with van der Waals surface area (Å²) in [6.45, 7) is 0.427. The minimum atomic E-state index is -0.805. The number of hydrogen-bond acceptors (Lipinski definition) is 4. The van der Waals surface area contributed by atoms with E-state index in [4.69, 9.17) is 4.74 Å². The summed E-state index contributed by atoms with van der Waals surface area (Å²) < 4.78 is 6.40. The maximum absolute atomic E-state index is 12.9. The second kappa shape index (κ2) is 6.20. The molecule has 0 radical (unpaired) electrons. The number of carbonyl (C=O) groups is 2. The Morgan fingerprint density at radius 3 is 1.64 bits per heavy atom. The minimum Gasteiger partial charge on any atom is -0.460 e. The van der Waals surface area contributed by atoms with Gasteiger partial charge in [-0.1, -0.05) is 84.9 Å². The topological polar surface area (TPSA) is 55.4 Å². The van der Waals surface area contributed by atoms with Gasteiger partial charge in [-0.05, 0) is 0 Å². The van der Waals surface area contributed by atoms with Crippen LogP contribution in [0.2, 0.25) is 0 Å². The van der Waals surface area contributed by atoms with Gasteiger partial charge in [-0.15, -0.1) is 0 Å². The van der Waals surface area contributed by atoms with Crippen LogP contribution in [0, 0.1) is 0 Å². The van der Waals surface area contributed by atoms with Gasteiger partial charge in [-0.3, -0.25) is 9.59 Å². The van der Waals surface area contributed by atoms with Gasteiger partial charge in [0.25, 0.3) is 0 Å². The molecule has 0 unspecified atom stereocenters. The summed E-state index contributed by atoms with van der Waals surface area (Å²) in [5, 5.41) is 3.20. The molecule has 136 valence electrons. The van der Waals surface area contributed by atoms with Crippen molar-refractivity contribution in [1.82, 2.24) is 5.32 Å². The van der Waals surface area contributed by atoms with Crippen LogP contribution in [0.3, 0.4) is 0 Å². The van der Waals surface area contributed by atoms with E-state index < -0.39 is 5.60 Å². The molecule has 1 aliphatic heterocycles. The van der Waals surface area contributed by atoms with Gasteiger partial charge < -0.3 is 10.1 Å². The molecule has 4 nitrogen and oxygen atoms in total. The molecule has 0 atom stereocenters. The maximum atomic E-state index is 12.9. The third-order valence-corrected chi connectivity index (χ3v) is 5.35. The summed E-state index contributed by atoms with van der Waals surface area (Å²) in [5.41, 5.74) is 2.05. The average molecular weight is 367 g/mol. The molecule has 0 saturated carbocycles. The van der Waals surface area contributed by atoms with Crippen LogP contribution >= 0.6 is 0 Å². The Hall–Kier alpha value is -3.66. The highest BCUT2D eigenvalue weighted by molar-refractivity contribution is 6.39. The van der Waals surface area contributed by atoms with Crippen LogP contribution in [0.5, 0.6) is 0 Å². The van der Waals surface area contributed by atoms with E-state index in [0.717, 1.165) is 11.1 Å². The second-order valence-corrected chi connectivity index (χ2v) is 6.92. The van der Waals surface area contributed by atoms with Gasteiger partial charge in [0.2, 0.25) is 17.4 Å². The molecule has 0 amide bonds. The zero-order chi connectivity index (χ0) is 19.1. The van der Waals surface area contributed by atoms with Gasteiger partial charge in [-0.25, -0.2) is 0 Å². The predicted octanol–water partition coefficient (Wildman–Crippen LogP) is 3.84. The van der Waals surface area contributed by atoms with E-state index in [2.05, 4.69) is 5.32 Å². The van der Waals surface area contributed by atoms with Crippen molar-refractivity contribution in [3.63, 3.8) is 0 Å². The lowest BCUT2D eigenvalue weighted by Gasteiger charge is -2.28. The van der Waals surface area contributed by atoms with Gasteiger partial charge >= 0.3 is 0 Å². The first kappa shape index (κ1) is 16.5. The zero-order valence-electron chi connectivity index (χ0n) is 15.0. The first-order chi connectivity index (χ1) is 13.7. The van der Waals surface area contributed by atoms with Crippen molar-refractivity contribution in [2.75, 3.05) is 6.54 Å². The fourth-order valence-electron chi connectivity index (χ4n) is 3.95. The number of nitrogens with one attached hydrogen (secondary N) is 1. The fraction of sp³-hybridized carbons (Fsp3) is 0.0833. The van der Waals surface area contributed by atoms with E-state index in [-0.39, 0.29) is 23.0 Å². The van der Waals surface area contributed by atoms with Crippen LogP contribution in [0.15, 0.2) is 96.4 Å². The molecule has 28 heavy (non-hydrogen) atoms. The van der Waals surface area contributed by atoms with Gasteiger partial charge in [0, 0.05) is 22.3 Å². The highest BCUT2D eigenvalue weighted by Crippen LogP contribution is 2.41. The number of rotatable bonds is 2. The second-order valence-electron chi connectivity index (χ2n) is 6.92. The number of fused-ring (bicyclic) bond motifs is 1. The average Bonchev–Trinajstić information content (AvgIpc) is 3.30. The van der Waals surface area contributed by atoms with Gasteiger partial charge in [-0.2, -0.15) is 0 Å². The summed E-state index contributed by atoms with van der Waals surface area (Å²) in [6.07, 6.45) is 0. The van der Waals surface area contributed by atoms with E-state index in [1.54, 1.807) is 24.3 Å². The normalized spacial score (nSPS) is 17.3. The standard InChI is InChI=1S/C24H17NO3/c26-21-18-13-7-8-14-19(18)22(27)20(21)23-25-15-24(28-23,16-9-3-1-4-10-16)17-11-5-2-6-12-17/h1-14,25H,15H2. The van der Waals surface area contributed by atoms with Gasteiger partial charge in [0.1, 0.15) is 5.57 Å². The number of benzene rings is 3. The van der Waals surface area contributed by atoms with Crippen molar-refractivity contribution >= 4 is 11.6 Å². The monoisotopic (exact) mass is 367 g/mol. The van der Waals surface area contributed by atoms with Crippen LogP contribution in [0.1, 0.15) is 31.8 Å². The lowest BCUT2D eigenvalue weighted by Crippen LogP contribution is -2.31. The molecule has 1 N–H and O–H groups in total. The molecule has 0 aromatic heterocycles. The third-order valence-electron chi connectivity index (χ3n) is 5.35. The van der Waals surface area contributed by atoms with E-state index in [1.165, 1.54) is 0 Å². The first-order valence-electron chi connectivity index (χ1n) is 9.17. The van der Waals surface area contributed by atoms with Crippen molar-refractivity contribution in [1.29, 1.82) is 0 Å². The molecule has 3 aromatic rings. The number of Topliss-reactive ketones (excluding diaryl/α,β-unsaturated/α-hetero) is 2. The van der Waals surface area contributed by atoms with Crippen LogP contribution in [-0.4, -0.2) is 18.1 Å². The molecular weight excluding hydrogens is 350 g/mol. The third kappa shape index (κ3) is 2.31. The smallest absolute Gasteiger partial charge is 0.203 e. The molecule has 3 aromatic carbocycles. The molecule has 0 bridgehead atoms. The minimum absolute atomic E-state index is 0.0786. The molecule has 1 saturated heterocycles. The molecule has 1 fully saturated rings. The van der Waals surface area contributed by atoms with Gasteiger partial charge in [0.15, 0.2) is 5.60 Å². The summed E-state index contributed by atoms with van der Waals surface area (Å²) in [7, 11) is 0. The number of hydrogen-bond donors (Lipinski definition) is 1. The highest BCUT2D eigenvalue weighted by atomic mass is 16.5.